The maximum absolute atomic E-state index is 12.2. The number of benzene rings is 2. The number of thiazole rings is 1. The lowest BCUT2D eigenvalue weighted by atomic mass is 10.3. The van der Waals surface area contributed by atoms with Crippen molar-refractivity contribution in [1.82, 2.24) is 4.57 Å². The van der Waals surface area contributed by atoms with Crippen LogP contribution in [0.15, 0.2) is 48.5 Å². The number of likely N-dealkylation sites (N-methyl/N-ethyl adjacent to an activating group) is 1. The molecule has 2 N–H and O–H groups in total. The molecule has 7 heteroatoms. The van der Waals surface area contributed by atoms with E-state index in [1.807, 2.05) is 31.3 Å². The van der Waals surface area contributed by atoms with Crippen LogP contribution in [0.25, 0.3) is 10.2 Å². The van der Waals surface area contributed by atoms with Gasteiger partial charge in [0.2, 0.25) is 0 Å². The van der Waals surface area contributed by atoms with Crippen molar-refractivity contribution in [2.45, 2.75) is 6.67 Å². The zero-order chi connectivity index (χ0) is 17.1. The predicted octanol–water partition coefficient (Wildman–Crippen LogP) is 3.20. The summed E-state index contributed by atoms with van der Waals surface area (Å²) in [6, 6.07) is 15.3. The van der Waals surface area contributed by atoms with Crippen molar-refractivity contribution < 1.29 is 9.69 Å². The summed E-state index contributed by atoms with van der Waals surface area (Å²) in [6.07, 6.45) is 0. The predicted molar refractivity (Wildman–Crippen MR) is 102 cm³/mol. The summed E-state index contributed by atoms with van der Waals surface area (Å²) < 4.78 is 4.06. The third kappa shape index (κ3) is 3.84. The number of amides is 1. The van der Waals surface area contributed by atoms with E-state index in [0.29, 0.717) is 23.9 Å². The fraction of sp³-hybridized carbons (Fsp3) is 0.176. The molecule has 1 atom stereocenters. The molecule has 0 fully saturated rings. The molecular formula is C17H17ClN3OS2+. The Morgan fingerprint density at radius 2 is 1.96 bits per heavy atom. The molecule has 0 aliphatic rings. The first-order chi connectivity index (χ1) is 11.5. The first-order valence-electron chi connectivity index (χ1n) is 7.48. The van der Waals surface area contributed by atoms with Crippen LogP contribution in [-0.4, -0.2) is 24.1 Å². The van der Waals surface area contributed by atoms with Crippen LogP contribution in [0.3, 0.4) is 0 Å². The number of rotatable bonds is 5. The molecule has 1 amide bonds. The molecule has 0 aliphatic heterocycles. The first-order valence-corrected chi connectivity index (χ1v) is 9.09. The van der Waals surface area contributed by atoms with Crippen LogP contribution in [0.2, 0.25) is 5.02 Å². The lowest BCUT2D eigenvalue weighted by molar-refractivity contribution is -0.894. The van der Waals surface area contributed by atoms with E-state index in [4.69, 9.17) is 23.8 Å². The number of quaternary nitrogens is 1. The molecule has 0 saturated carbocycles. The molecule has 0 saturated heterocycles. The van der Waals surface area contributed by atoms with Crippen LogP contribution in [0, 0.1) is 3.95 Å². The van der Waals surface area contributed by atoms with Crippen LogP contribution in [0.4, 0.5) is 5.69 Å². The van der Waals surface area contributed by atoms with Crippen molar-refractivity contribution in [1.29, 1.82) is 0 Å². The number of aromatic nitrogens is 1. The maximum atomic E-state index is 12.2. The summed E-state index contributed by atoms with van der Waals surface area (Å²) >= 11 is 13.1. The van der Waals surface area contributed by atoms with Crippen LogP contribution in [0.5, 0.6) is 0 Å². The van der Waals surface area contributed by atoms with Crippen molar-refractivity contribution in [3.8, 4) is 0 Å². The van der Waals surface area contributed by atoms with Crippen molar-refractivity contribution >= 4 is 57.0 Å². The fourth-order valence-electron chi connectivity index (χ4n) is 2.52. The van der Waals surface area contributed by atoms with Gasteiger partial charge in [-0.3, -0.25) is 9.36 Å². The highest BCUT2D eigenvalue weighted by Crippen LogP contribution is 2.22. The summed E-state index contributed by atoms with van der Waals surface area (Å²) in [5, 5.41) is 3.38. The summed E-state index contributed by atoms with van der Waals surface area (Å²) in [5.41, 5.74) is 1.74. The van der Waals surface area contributed by atoms with E-state index in [9.17, 15) is 4.79 Å². The van der Waals surface area contributed by atoms with Crippen molar-refractivity contribution in [3.05, 3.63) is 57.5 Å². The van der Waals surface area contributed by atoms with Crippen molar-refractivity contribution in [3.63, 3.8) is 0 Å². The Bertz CT molecular complexity index is 935. The topological polar surface area (TPSA) is 38.5 Å². The molecule has 0 aliphatic carbocycles. The normalized spacial score (nSPS) is 12.2. The average molecular weight is 379 g/mol. The fourth-order valence-corrected chi connectivity index (χ4v) is 4.03. The highest BCUT2D eigenvalue weighted by Gasteiger charge is 2.14. The third-order valence-electron chi connectivity index (χ3n) is 3.61. The van der Waals surface area contributed by atoms with Gasteiger partial charge in [-0.05, 0) is 36.5 Å². The second kappa shape index (κ2) is 7.44. The van der Waals surface area contributed by atoms with E-state index in [-0.39, 0.29) is 5.91 Å². The van der Waals surface area contributed by atoms with Gasteiger partial charge in [-0.1, -0.05) is 35.9 Å². The molecule has 4 nitrogen and oxygen atoms in total. The van der Waals surface area contributed by atoms with Gasteiger partial charge in [0.05, 0.1) is 28.0 Å². The SMILES string of the molecule is C[NH+](CC(=O)Nc1ccccc1Cl)Cn1c(=S)sc2ccccc21. The lowest BCUT2D eigenvalue weighted by Crippen LogP contribution is -3.09. The quantitative estimate of drug-likeness (QED) is 0.669. The van der Waals surface area contributed by atoms with Gasteiger partial charge >= 0.3 is 0 Å². The molecule has 0 spiro atoms. The highest BCUT2D eigenvalue weighted by molar-refractivity contribution is 7.73. The number of nitrogens with one attached hydrogen (secondary N) is 2. The molecule has 0 bridgehead atoms. The number of fused-ring (bicyclic) bond motifs is 1. The van der Waals surface area contributed by atoms with Gasteiger partial charge in [0.25, 0.3) is 5.91 Å². The summed E-state index contributed by atoms with van der Waals surface area (Å²) in [6.45, 7) is 0.968. The van der Waals surface area contributed by atoms with E-state index < -0.39 is 0 Å². The van der Waals surface area contributed by atoms with Crippen LogP contribution >= 0.6 is 35.2 Å². The Labute approximate surface area is 154 Å². The maximum Gasteiger partial charge on any atom is 0.279 e. The number of carbonyl (C=O) groups is 1. The molecule has 2 aromatic carbocycles. The minimum atomic E-state index is -0.0772. The molecule has 24 heavy (non-hydrogen) atoms. The number of para-hydroxylation sites is 2. The molecule has 124 valence electrons. The molecule has 3 rings (SSSR count). The molecule has 1 unspecified atom stereocenters. The lowest BCUT2D eigenvalue weighted by Gasteiger charge is -2.15. The first kappa shape index (κ1) is 17.1. The zero-order valence-electron chi connectivity index (χ0n) is 13.1. The van der Waals surface area contributed by atoms with Crippen LogP contribution < -0.4 is 10.2 Å². The van der Waals surface area contributed by atoms with Gasteiger partial charge in [0.1, 0.15) is 0 Å². The number of nitrogens with zero attached hydrogens (tertiary/aromatic N) is 1. The van der Waals surface area contributed by atoms with Crippen molar-refractivity contribution in [2.75, 3.05) is 18.9 Å². The van der Waals surface area contributed by atoms with Crippen molar-refractivity contribution in [2.24, 2.45) is 0 Å². The Morgan fingerprint density at radius 1 is 1.25 bits per heavy atom. The summed E-state index contributed by atoms with van der Waals surface area (Å²) in [7, 11) is 1.97. The average Bonchev–Trinajstić information content (AvgIpc) is 2.85. The summed E-state index contributed by atoms with van der Waals surface area (Å²) in [4.78, 5) is 13.3. The molecule has 1 aromatic heterocycles. The zero-order valence-corrected chi connectivity index (χ0v) is 15.5. The van der Waals surface area contributed by atoms with Gasteiger partial charge < -0.3 is 10.2 Å². The van der Waals surface area contributed by atoms with Gasteiger partial charge in [0.15, 0.2) is 17.2 Å². The Hall–Kier alpha value is -1.73. The van der Waals surface area contributed by atoms with Gasteiger partial charge in [-0.2, -0.15) is 0 Å². The largest absolute Gasteiger partial charge is 0.320 e. The van der Waals surface area contributed by atoms with E-state index in [1.165, 1.54) is 0 Å². The minimum absolute atomic E-state index is 0.0772. The molecular weight excluding hydrogens is 362 g/mol. The standard InChI is InChI=1S/C17H16ClN3OS2/c1-20(10-16(22)19-13-7-3-2-6-12(13)18)11-21-14-8-4-5-9-15(14)24-17(21)23/h2-9H,10-11H2,1H3,(H,19,22)/p+1. The third-order valence-corrected chi connectivity index (χ3v) is 5.37. The van der Waals surface area contributed by atoms with E-state index in [0.717, 1.165) is 19.1 Å². The summed E-state index contributed by atoms with van der Waals surface area (Å²) in [5.74, 6) is -0.0772. The number of carbonyl (C=O) groups excluding carboxylic acids is 1. The smallest absolute Gasteiger partial charge is 0.279 e. The van der Waals surface area contributed by atoms with Gasteiger partial charge in [0, 0.05) is 0 Å². The number of hydrogen-bond acceptors (Lipinski definition) is 3. The monoisotopic (exact) mass is 378 g/mol. The second-order valence-electron chi connectivity index (χ2n) is 5.58. The molecule has 1 heterocycles. The Morgan fingerprint density at radius 3 is 2.75 bits per heavy atom. The van der Waals surface area contributed by atoms with Gasteiger partial charge in [-0.25, -0.2) is 0 Å². The number of hydrogen-bond donors (Lipinski definition) is 2. The van der Waals surface area contributed by atoms with Crippen LogP contribution in [0.1, 0.15) is 0 Å². The van der Waals surface area contributed by atoms with Crippen LogP contribution in [-0.2, 0) is 11.5 Å². The second-order valence-corrected chi connectivity index (χ2v) is 7.67. The highest BCUT2D eigenvalue weighted by atomic mass is 35.5. The minimum Gasteiger partial charge on any atom is -0.320 e. The number of halogens is 1. The van der Waals surface area contributed by atoms with E-state index >= 15 is 0 Å². The van der Waals surface area contributed by atoms with Gasteiger partial charge in [-0.15, -0.1) is 11.3 Å². The van der Waals surface area contributed by atoms with E-state index in [1.54, 1.807) is 23.5 Å². The Kier molecular flexibility index (Phi) is 5.30. The number of anilines is 1. The van der Waals surface area contributed by atoms with E-state index in [2.05, 4.69) is 22.0 Å². The molecule has 0 radical (unpaired) electrons. The molecule has 3 aromatic rings. The Balaban J connectivity index is 1.68.